The Hall–Kier alpha value is -3.29. The molecular formula is C19H21N5O3. The quantitative estimate of drug-likeness (QED) is 0.790. The molecule has 0 aliphatic carbocycles. The molecular weight excluding hydrogens is 346 g/mol. The van der Waals surface area contributed by atoms with Crippen LogP contribution in [-0.4, -0.2) is 82.2 Å². The van der Waals surface area contributed by atoms with Gasteiger partial charge in [-0.15, -0.1) is 0 Å². The molecule has 1 unspecified atom stereocenters. The number of pyridine rings is 2. The molecule has 0 radical (unpaired) electrons. The van der Waals surface area contributed by atoms with Crippen LogP contribution in [0.1, 0.15) is 21.0 Å². The summed E-state index contributed by atoms with van der Waals surface area (Å²) in [6.07, 6.45) is 3.09. The van der Waals surface area contributed by atoms with Gasteiger partial charge in [0.25, 0.3) is 11.8 Å². The number of rotatable bonds is 3. The van der Waals surface area contributed by atoms with E-state index >= 15 is 0 Å². The van der Waals surface area contributed by atoms with Crippen LogP contribution < -0.4 is 0 Å². The summed E-state index contributed by atoms with van der Waals surface area (Å²) in [5, 5.41) is 0. The van der Waals surface area contributed by atoms with Crippen LogP contribution in [0.25, 0.3) is 0 Å². The number of carbonyl (C=O) groups is 3. The molecule has 1 atom stereocenters. The molecule has 2 aromatic rings. The SMILES string of the molecule is CN(C)C(=O)C1CN(C(=O)c2ccccn2)CCN1C(=O)c1ccccn1. The third-order valence-corrected chi connectivity index (χ3v) is 4.42. The minimum absolute atomic E-state index is 0.116. The molecule has 1 saturated heterocycles. The van der Waals surface area contributed by atoms with E-state index in [2.05, 4.69) is 9.97 Å². The van der Waals surface area contributed by atoms with Crippen LogP contribution in [0.15, 0.2) is 48.8 Å². The number of aromatic nitrogens is 2. The molecule has 0 bridgehead atoms. The molecule has 3 rings (SSSR count). The van der Waals surface area contributed by atoms with Crippen LogP contribution in [0.2, 0.25) is 0 Å². The number of piperazine rings is 1. The van der Waals surface area contributed by atoms with Crippen molar-refractivity contribution in [2.45, 2.75) is 6.04 Å². The number of amides is 3. The highest BCUT2D eigenvalue weighted by Crippen LogP contribution is 2.17. The third-order valence-electron chi connectivity index (χ3n) is 4.42. The van der Waals surface area contributed by atoms with E-state index in [1.165, 1.54) is 16.0 Å². The summed E-state index contributed by atoms with van der Waals surface area (Å²) in [5.74, 6) is -0.810. The lowest BCUT2D eigenvalue weighted by Gasteiger charge is -2.41. The molecule has 0 aromatic carbocycles. The van der Waals surface area contributed by atoms with E-state index in [9.17, 15) is 14.4 Å². The third kappa shape index (κ3) is 3.94. The van der Waals surface area contributed by atoms with Crippen LogP contribution in [0.4, 0.5) is 0 Å². The second-order valence-electron chi connectivity index (χ2n) is 6.43. The molecule has 1 fully saturated rings. The van der Waals surface area contributed by atoms with Crippen molar-refractivity contribution >= 4 is 17.7 Å². The first-order chi connectivity index (χ1) is 13.0. The summed E-state index contributed by atoms with van der Waals surface area (Å²) >= 11 is 0. The molecule has 0 spiro atoms. The van der Waals surface area contributed by atoms with Crippen LogP contribution in [-0.2, 0) is 4.79 Å². The van der Waals surface area contributed by atoms with Crippen molar-refractivity contribution in [3.8, 4) is 0 Å². The first kappa shape index (κ1) is 18.5. The second-order valence-corrected chi connectivity index (χ2v) is 6.43. The maximum absolute atomic E-state index is 12.9. The van der Waals surface area contributed by atoms with Gasteiger partial charge in [0.1, 0.15) is 17.4 Å². The predicted molar refractivity (Wildman–Crippen MR) is 97.9 cm³/mol. The lowest BCUT2D eigenvalue weighted by Crippen LogP contribution is -2.61. The lowest BCUT2D eigenvalue weighted by molar-refractivity contribution is -0.135. The maximum atomic E-state index is 12.9. The van der Waals surface area contributed by atoms with Crippen LogP contribution >= 0.6 is 0 Å². The number of nitrogens with zero attached hydrogens (tertiary/aromatic N) is 5. The van der Waals surface area contributed by atoms with Crippen molar-refractivity contribution in [1.29, 1.82) is 0 Å². The zero-order valence-electron chi connectivity index (χ0n) is 15.3. The predicted octanol–water partition coefficient (Wildman–Crippen LogP) is 0.532. The maximum Gasteiger partial charge on any atom is 0.273 e. The van der Waals surface area contributed by atoms with E-state index in [0.717, 1.165) is 0 Å². The van der Waals surface area contributed by atoms with E-state index in [-0.39, 0.29) is 36.5 Å². The molecule has 0 N–H and O–H groups in total. The van der Waals surface area contributed by atoms with Crippen molar-refractivity contribution in [2.24, 2.45) is 0 Å². The average Bonchev–Trinajstić information content (AvgIpc) is 2.73. The van der Waals surface area contributed by atoms with Gasteiger partial charge in [0.15, 0.2) is 0 Å². The molecule has 8 heteroatoms. The van der Waals surface area contributed by atoms with Crippen molar-refractivity contribution in [2.75, 3.05) is 33.7 Å². The topological polar surface area (TPSA) is 86.7 Å². The Bertz CT molecular complexity index is 826. The number of likely N-dealkylation sites (N-methyl/N-ethyl adjacent to an activating group) is 1. The fourth-order valence-electron chi connectivity index (χ4n) is 3.01. The Labute approximate surface area is 157 Å². The van der Waals surface area contributed by atoms with Crippen molar-refractivity contribution in [3.05, 3.63) is 60.2 Å². The highest BCUT2D eigenvalue weighted by Gasteiger charge is 2.38. The molecule has 27 heavy (non-hydrogen) atoms. The van der Waals surface area contributed by atoms with Crippen molar-refractivity contribution in [1.82, 2.24) is 24.7 Å². The number of hydrogen-bond donors (Lipinski definition) is 0. The average molecular weight is 367 g/mol. The van der Waals surface area contributed by atoms with Gasteiger partial charge in [0.05, 0.1) is 6.54 Å². The molecule has 8 nitrogen and oxygen atoms in total. The minimum Gasteiger partial charge on any atom is -0.347 e. The lowest BCUT2D eigenvalue weighted by atomic mass is 10.1. The van der Waals surface area contributed by atoms with Gasteiger partial charge >= 0.3 is 0 Å². The summed E-state index contributed by atoms with van der Waals surface area (Å²) < 4.78 is 0. The zero-order chi connectivity index (χ0) is 19.4. The Morgan fingerprint density at radius 3 is 2.04 bits per heavy atom. The second kappa shape index (κ2) is 7.94. The summed E-state index contributed by atoms with van der Waals surface area (Å²) in [5.41, 5.74) is 0.594. The first-order valence-corrected chi connectivity index (χ1v) is 8.62. The number of carbonyl (C=O) groups excluding carboxylic acids is 3. The van der Waals surface area contributed by atoms with Crippen LogP contribution in [0.3, 0.4) is 0 Å². The molecule has 1 aliphatic rings. The largest absolute Gasteiger partial charge is 0.347 e. The van der Waals surface area contributed by atoms with E-state index in [0.29, 0.717) is 12.2 Å². The molecule has 2 aromatic heterocycles. The van der Waals surface area contributed by atoms with Gasteiger partial charge in [0, 0.05) is 39.6 Å². The normalized spacial score (nSPS) is 16.7. The Morgan fingerprint density at radius 1 is 0.926 bits per heavy atom. The fourth-order valence-corrected chi connectivity index (χ4v) is 3.01. The summed E-state index contributed by atoms with van der Waals surface area (Å²) in [6, 6.07) is 9.41. The Kier molecular flexibility index (Phi) is 5.44. The fraction of sp³-hybridized carbons (Fsp3) is 0.316. The summed E-state index contributed by atoms with van der Waals surface area (Å²) in [7, 11) is 3.26. The molecule has 3 amide bonds. The minimum atomic E-state index is -0.768. The van der Waals surface area contributed by atoms with Gasteiger partial charge in [0.2, 0.25) is 5.91 Å². The van der Waals surface area contributed by atoms with Gasteiger partial charge in [-0.25, -0.2) is 0 Å². The molecule has 140 valence electrons. The van der Waals surface area contributed by atoms with Gasteiger partial charge in [-0.3, -0.25) is 24.4 Å². The van der Waals surface area contributed by atoms with E-state index in [1.807, 2.05) is 0 Å². The molecule has 3 heterocycles. The number of hydrogen-bond acceptors (Lipinski definition) is 5. The highest BCUT2D eigenvalue weighted by atomic mass is 16.2. The standard InChI is InChI=1S/C19H21N5O3/c1-22(2)19(27)16-13-23(17(25)14-7-3-5-9-20-14)11-12-24(16)18(26)15-8-4-6-10-21-15/h3-10,16H,11-13H2,1-2H3. The van der Waals surface area contributed by atoms with Gasteiger partial charge in [-0.2, -0.15) is 0 Å². The van der Waals surface area contributed by atoms with Crippen molar-refractivity contribution < 1.29 is 14.4 Å². The van der Waals surface area contributed by atoms with E-state index < -0.39 is 6.04 Å². The Morgan fingerprint density at radius 2 is 1.52 bits per heavy atom. The van der Waals surface area contributed by atoms with Gasteiger partial charge in [-0.1, -0.05) is 12.1 Å². The molecule has 0 saturated carbocycles. The van der Waals surface area contributed by atoms with Crippen molar-refractivity contribution in [3.63, 3.8) is 0 Å². The zero-order valence-corrected chi connectivity index (χ0v) is 15.3. The summed E-state index contributed by atoms with van der Waals surface area (Å²) in [6.45, 7) is 0.689. The Balaban J connectivity index is 1.84. The van der Waals surface area contributed by atoms with Gasteiger partial charge < -0.3 is 14.7 Å². The van der Waals surface area contributed by atoms with E-state index in [1.54, 1.807) is 61.6 Å². The van der Waals surface area contributed by atoms with Crippen LogP contribution in [0.5, 0.6) is 0 Å². The van der Waals surface area contributed by atoms with E-state index in [4.69, 9.17) is 0 Å². The highest BCUT2D eigenvalue weighted by molar-refractivity contribution is 5.97. The molecule has 1 aliphatic heterocycles. The van der Waals surface area contributed by atoms with Crippen LogP contribution in [0, 0.1) is 0 Å². The smallest absolute Gasteiger partial charge is 0.273 e. The summed E-state index contributed by atoms with van der Waals surface area (Å²) in [4.78, 5) is 50.9. The first-order valence-electron chi connectivity index (χ1n) is 8.62. The van der Waals surface area contributed by atoms with Gasteiger partial charge in [-0.05, 0) is 24.3 Å². The monoisotopic (exact) mass is 367 g/mol.